The zero-order valence-corrected chi connectivity index (χ0v) is 27.4. The minimum Gasteiger partial charge on any atom is -0.534 e. The fraction of sp³-hybridized carbons (Fsp3) is 0.258. The first-order valence-electron chi connectivity index (χ1n) is 15.4. The van der Waals surface area contributed by atoms with Gasteiger partial charge in [-0.1, -0.05) is 17.7 Å². The van der Waals surface area contributed by atoms with Crippen LogP contribution in [0.25, 0.3) is 0 Å². The van der Waals surface area contributed by atoms with Gasteiger partial charge in [0.15, 0.2) is 17.3 Å². The number of phenols is 2. The highest BCUT2D eigenvalue weighted by Gasteiger charge is 2.42. The van der Waals surface area contributed by atoms with Crippen molar-refractivity contribution < 1.29 is 62.5 Å². The number of nitrogens with one attached hydrogen (secondary N) is 3. The molecule has 0 spiro atoms. The number of carbonyl (C=O) groups excluding carboxylic acids is 5. The molecule has 0 bridgehead atoms. The van der Waals surface area contributed by atoms with Gasteiger partial charge >= 0.3 is 30.9 Å². The van der Waals surface area contributed by atoms with E-state index in [1.807, 2.05) is 0 Å². The molecular formula is C31H28BClF2N6O11. The molecule has 1 saturated heterocycles. The van der Waals surface area contributed by atoms with Crippen molar-refractivity contribution in [3.8, 4) is 17.2 Å². The highest BCUT2D eigenvalue weighted by Crippen LogP contribution is 2.40. The van der Waals surface area contributed by atoms with Gasteiger partial charge in [0.1, 0.15) is 23.2 Å². The number of aromatic hydroxyl groups is 2. The standard InChI is InChI=1S/C31H28BClF2N6O11/c33-21-16(13-18(35)23(42)24(21)43)22(27(45)38-19-12-15-2-3-17(34)20(30(48)49)25(15)52-32(19)51)39-31(50)41-11-10-40(28(46)29(41)47)9-1-6-37-26(44)14-4-7-36-8-5-14/h2-5,7-8,13,19,22,42-43,51H,1,6,9-12H2,(H,37,44)(H,38,45)(H,39,50)(H,48,49)/t19-,22?/m0/s1. The molecule has 0 saturated carbocycles. The number of fused-ring (bicyclic) bond motifs is 1. The number of hydrogen-bond acceptors (Lipinski definition) is 11. The highest BCUT2D eigenvalue weighted by molar-refractivity contribution is 6.47. The van der Waals surface area contributed by atoms with E-state index >= 15 is 0 Å². The third-order valence-electron chi connectivity index (χ3n) is 8.17. The van der Waals surface area contributed by atoms with E-state index in [2.05, 4.69) is 20.9 Å². The second-order valence-electron chi connectivity index (χ2n) is 11.5. The largest absolute Gasteiger partial charge is 0.547 e. The third kappa shape index (κ3) is 7.66. The zero-order valence-electron chi connectivity index (χ0n) is 26.6. The van der Waals surface area contributed by atoms with Crippen LogP contribution in [-0.4, -0.2) is 110 Å². The van der Waals surface area contributed by atoms with Gasteiger partial charge < -0.3 is 45.8 Å². The predicted molar refractivity (Wildman–Crippen MR) is 173 cm³/mol. The summed E-state index contributed by atoms with van der Waals surface area (Å²) >= 11 is 6.12. The summed E-state index contributed by atoms with van der Waals surface area (Å²) < 4.78 is 34.0. The number of urea groups is 1. The number of aromatic nitrogens is 1. The number of carbonyl (C=O) groups is 6. The zero-order chi connectivity index (χ0) is 37.9. The minimum absolute atomic E-state index is 0.0405. The van der Waals surface area contributed by atoms with E-state index in [1.54, 1.807) is 0 Å². The van der Waals surface area contributed by atoms with Gasteiger partial charge in [-0.05, 0) is 42.7 Å². The second-order valence-corrected chi connectivity index (χ2v) is 11.9. The highest BCUT2D eigenvalue weighted by atomic mass is 35.5. The van der Waals surface area contributed by atoms with E-state index in [4.69, 9.17) is 16.3 Å². The smallest absolute Gasteiger partial charge is 0.534 e. The van der Waals surface area contributed by atoms with Crippen molar-refractivity contribution in [3.63, 3.8) is 0 Å². The van der Waals surface area contributed by atoms with Gasteiger partial charge in [-0.25, -0.2) is 18.4 Å². The number of phenolic OH excluding ortho intramolecular Hbond substituents is 2. The summed E-state index contributed by atoms with van der Waals surface area (Å²) in [5.74, 6) is -12.6. The molecule has 2 aliphatic heterocycles. The Balaban J connectivity index is 1.29. The average Bonchev–Trinajstić information content (AvgIpc) is 3.11. The maximum absolute atomic E-state index is 14.6. The lowest BCUT2D eigenvalue weighted by Crippen LogP contribution is -2.60. The monoisotopic (exact) mass is 744 g/mol. The van der Waals surface area contributed by atoms with E-state index in [9.17, 15) is 57.9 Å². The number of rotatable bonds is 10. The van der Waals surface area contributed by atoms with Crippen molar-refractivity contribution in [2.45, 2.75) is 24.8 Å². The maximum atomic E-state index is 14.6. The summed E-state index contributed by atoms with van der Waals surface area (Å²) in [6.45, 7) is -0.294. The first-order valence-corrected chi connectivity index (χ1v) is 15.8. The molecule has 3 heterocycles. The Hall–Kier alpha value is -6.02. The van der Waals surface area contributed by atoms with Gasteiger partial charge in [0.2, 0.25) is 5.91 Å². The molecule has 17 nitrogen and oxygen atoms in total. The Morgan fingerprint density at radius 2 is 1.75 bits per heavy atom. The number of halogens is 3. The van der Waals surface area contributed by atoms with E-state index in [0.29, 0.717) is 16.5 Å². The molecule has 52 heavy (non-hydrogen) atoms. The number of hydrogen-bond donors (Lipinski definition) is 7. The average molecular weight is 745 g/mol. The minimum atomic E-state index is -2.05. The second kappa shape index (κ2) is 15.5. The number of benzene rings is 2. The fourth-order valence-electron chi connectivity index (χ4n) is 5.50. The molecule has 2 atom stereocenters. The molecule has 6 amide bonds. The van der Waals surface area contributed by atoms with Crippen LogP contribution in [0.2, 0.25) is 5.02 Å². The molecule has 2 aromatic carbocycles. The van der Waals surface area contributed by atoms with Crippen LogP contribution in [0.3, 0.4) is 0 Å². The first-order chi connectivity index (χ1) is 24.7. The summed E-state index contributed by atoms with van der Waals surface area (Å²) in [7, 11) is -1.97. The van der Waals surface area contributed by atoms with Gasteiger partial charge in [-0.15, -0.1) is 0 Å². The molecule has 1 aromatic heterocycles. The molecule has 0 radical (unpaired) electrons. The fourth-order valence-corrected chi connectivity index (χ4v) is 5.76. The Kier molecular flexibility index (Phi) is 11.1. The van der Waals surface area contributed by atoms with Crippen LogP contribution >= 0.6 is 11.6 Å². The summed E-state index contributed by atoms with van der Waals surface area (Å²) in [6.07, 6.45) is 2.83. The van der Waals surface area contributed by atoms with Crippen LogP contribution in [-0.2, 0) is 20.8 Å². The number of piperazine rings is 1. The Labute approximate surface area is 297 Å². The Morgan fingerprint density at radius 1 is 1.04 bits per heavy atom. The van der Waals surface area contributed by atoms with Gasteiger partial charge in [0.25, 0.3) is 5.91 Å². The van der Waals surface area contributed by atoms with Crippen LogP contribution in [0, 0.1) is 11.6 Å². The predicted octanol–water partition coefficient (Wildman–Crippen LogP) is 0.504. The van der Waals surface area contributed by atoms with Gasteiger partial charge in [-0.2, -0.15) is 0 Å². The van der Waals surface area contributed by atoms with E-state index in [-0.39, 0.29) is 50.5 Å². The van der Waals surface area contributed by atoms with E-state index < -0.39 is 93.9 Å². The molecule has 3 aromatic rings. The molecule has 5 rings (SSSR count). The van der Waals surface area contributed by atoms with Crippen LogP contribution in [0.5, 0.6) is 17.2 Å². The van der Waals surface area contributed by atoms with Gasteiger partial charge in [-0.3, -0.25) is 29.1 Å². The molecule has 21 heteroatoms. The topological polar surface area (TPSA) is 248 Å². The SMILES string of the molecule is O=C(NCCCN1CCN(C(=O)NC(C(=O)N[C@H]2Cc3ccc(F)c(C(=O)O)c3OB2O)c2cc(F)c(O)c(O)c2Cl)C(=O)C1=O)c1ccncc1. The molecule has 7 N–H and O–H groups in total. The first kappa shape index (κ1) is 37.2. The van der Waals surface area contributed by atoms with Crippen molar-refractivity contribution in [1.29, 1.82) is 0 Å². The molecule has 1 unspecified atom stereocenters. The lowest BCUT2D eigenvalue weighted by molar-refractivity contribution is -0.153. The molecule has 2 aliphatic rings. The number of imide groups is 1. The van der Waals surface area contributed by atoms with Crippen molar-refractivity contribution in [1.82, 2.24) is 30.7 Å². The summed E-state index contributed by atoms with van der Waals surface area (Å²) in [4.78, 5) is 82.2. The lowest BCUT2D eigenvalue weighted by Gasteiger charge is -2.34. The molecule has 1 fully saturated rings. The van der Waals surface area contributed by atoms with Gasteiger partial charge in [0, 0.05) is 49.7 Å². The number of amides is 6. The molecular weight excluding hydrogens is 717 g/mol. The summed E-state index contributed by atoms with van der Waals surface area (Å²) in [6, 6.07) is 2.17. The van der Waals surface area contributed by atoms with E-state index in [0.717, 1.165) is 17.0 Å². The lowest BCUT2D eigenvalue weighted by atomic mass is 9.72. The maximum Gasteiger partial charge on any atom is 0.547 e. The van der Waals surface area contributed by atoms with Crippen molar-refractivity contribution in [2.24, 2.45) is 0 Å². The Bertz CT molecular complexity index is 1960. The van der Waals surface area contributed by atoms with E-state index in [1.165, 1.54) is 24.5 Å². The summed E-state index contributed by atoms with van der Waals surface area (Å²) in [5, 5.41) is 46.4. The van der Waals surface area contributed by atoms with Crippen LogP contribution in [0.15, 0.2) is 42.7 Å². The third-order valence-corrected chi connectivity index (χ3v) is 8.57. The molecule has 272 valence electrons. The summed E-state index contributed by atoms with van der Waals surface area (Å²) in [5.41, 5.74) is -1.03. The van der Waals surface area contributed by atoms with Crippen LogP contribution < -0.4 is 20.6 Å². The quantitative estimate of drug-likeness (QED) is 0.0650. The van der Waals surface area contributed by atoms with Crippen molar-refractivity contribution in [2.75, 3.05) is 26.2 Å². The van der Waals surface area contributed by atoms with Crippen molar-refractivity contribution in [3.05, 3.63) is 81.6 Å². The number of carboxylic acids is 1. The Morgan fingerprint density at radius 3 is 2.44 bits per heavy atom. The van der Waals surface area contributed by atoms with Crippen LogP contribution in [0.1, 0.15) is 44.3 Å². The van der Waals surface area contributed by atoms with Crippen molar-refractivity contribution >= 4 is 54.3 Å². The molecule has 0 aliphatic carbocycles. The number of pyridine rings is 1. The number of nitrogens with zero attached hydrogens (tertiary/aromatic N) is 3. The number of aromatic carboxylic acids is 1. The van der Waals surface area contributed by atoms with Gasteiger partial charge in [0.05, 0.1) is 11.0 Å². The normalized spacial score (nSPS) is 16.1. The number of carboxylic acid groups (broad SMARTS) is 1. The van der Waals surface area contributed by atoms with Crippen LogP contribution in [0.4, 0.5) is 13.6 Å².